The highest BCUT2D eigenvalue weighted by atomic mass is 19.4. The zero-order valence-electron chi connectivity index (χ0n) is 11.3. The number of aromatic nitrogens is 1. The third-order valence-electron chi connectivity index (χ3n) is 2.93. The summed E-state index contributed by atoms with van der Waals surface area (Å²) in [5.41, 5.74) is 1.23. The molecular weight excluding hydrogens is 265 g/mol. The molecule has 2 aromatic rings. The van der Waals surface area contributed by atoms with Crippen LogP contribution in [0.4, 0.5) is 19.0 Å². The van der Waals surface area contributed by atoms with Gasteiger partial charge in [-0.15, -0.1) is 0 Å². The monoisotopic (exact) mass is 280 g/mol. The SMILES string of the molecule is CCNc1cc(C(F)(F)F)cc(-c2ccccc2C)n1. The second kappa shape index (κ2) is 5.53. The molecule has 1 aromatic heterocycles. The second-order valence-electron chi connectivity index (χ2n) is 4.47. The number of aryl methyl sites for hydroxylation is 1. The van der Waals surface area contributed by atoms with E-state index in [0.29, 0.717) is 17.8 Å². The normalized spacial score (nSPS) is 11.4. The molecule has 20 heavy (non-hydrogen) atoms. The highest BCUT2D eigenvalue weighted by Gasteiger charge is 2.31. The summed E-state index contributed by atoms with van der Waals surface area (Å²) in [5.74, 6) is 0.237. The number of hydrogen-bond donors (Lipinski definition) is 1. The van der Waals surface area contributed by atoms with Crippen LogP contribution in [-0.2, 0) is 6.18 Å². The van der Waals surface area contributed by atoms with E-state index in [1.807, 2.05) is 26.0 Å². The first-order valence-corrected chi connectivity index (χ1v) is 6.31. The largest absolute Gasteiger partial charge is 0.416 e. The van der Waals surface area contributed by atoms with Crippen LogP contribution in [0.2, 0.25) is 0 Å². The van der Waals surface area contributed by atoms with Crippen molar-refractivity contribution < 1.29 is 13.2 Å². The van der Waals surface area contributed by atoms with Crippen molar-refractivity contribution in [3.8, 4) is 11.3 Å². The molecule has 0 bridgehead atoms. The molecule has 0 saturated carbocycles. The molecule has 5 heteroatoms. The summed E-state index contributed by atoms with van der Waals surface area (Å²) >= 11 is 0. The minimum atomic E-state index is -4.38. The van der Waals surface area contributed by atoms with Gasteiger partial charge in [0.15, 0.2) is 0 Å². The quantitative estimate of drug-likeness (QED) is 0.895. The fourth-order valence-corrected chi connectivity index (χ4v) is 1.96. The predicted molar refractivity (Wildman–Crippen MR) is 73.6 cm³/mol. The molecule has 0 aliphatic rings. The van der Waals surface area contributed by atoms with Gasteiger partial charge in [0.1, 0.15) is 5.82 Å². The van der Waals surface area contributed by atoms with Gasteiger partial charge in [-0.2, -0.15) is 13.2 Å². The van der Waals surface area contributed by atoms with E-state index in [1.54, 1.807) is 12.1 Å². The summed E-state index contributed by atoms with van der Waals surface area (Å²) in [6, 6.07) is 9.38. The number of pyridine rings is 1. The van der Waals surface area contributed by atoms with Crippen molar-refractivity contribution in [2.75, 3.05) is 11.9 Å². The van der Waals surface area contributed by atoms with Crippen LogP contribution in [0.25, 0.3) is 11.3 Å². The third kappa shape index (κ3) is 3.10. The van der Waals surface area contributed by atoms with Crippen molar-refractivity contribution >= 4 is 5.82 Å². The third-order valence-corrected chi connectivity index (χ3v) is 2.93. The van der Waals surface area contributed by atoms with Crippen LogP contribution in [0.5, 0.6) is 0 Å². The average molecular weight is 280 g/mol. The number of halogens is 3. The van der Waals surface area contributed by atoms with Crippen molar-refractivity contribution in [3.63, 3.8) is 0 Å². The Morgan fingerprint density at radius 1 is 1.15 bits per heavy atom. The van der Waals surface area contributed by atoms with E-state index < -0.39 is 11.7 Å². The summed E-state index contributed by atoms with van der Waals surface area (Å²) in [6.07, 6.45) is -4.38. The van der Waals surface area contributed by atoms with Gasteiger partial charge >= 0.3 is 6.18 Å². The number of hydrogen-bond acceptors (Lipinski definition) is 2. The van der Waals surface area contributed by atoms with Crippen LogP contribution in [-0.4, -0.2) is 11.5 Å². The molecule has 0 fully saturated rings. The van der Waals surface area contributed by atoms with Crippen molar-refractivity contribution in [3.05, 3.63) is 47.5 Å². The van der Waals surface area contributed by atoms with Crippen LogP contribution >= 0.6 is 0 Å². The molecule has 1 N–H and O–H groups in total. The van der Waals surface area contributed by atoms with Gasteiger partial charge in [0.2, 0.25) is 0 Å². The minimum Gasteiger partial charge on any atom is -0.370 e. The van der Waals surface area contributed by atoms with Crippen LogP contribution < -0.4 is 5.32 Å². The van der Waals surface area contributed by atoms with E-state index >= 15 is 0 Å². The van der Waals surface area contributed by atoms with Gasteiger partial charge in [-0.25, -0.2) is 4.98 Å². The zero-order valence-corrected chi connectivity index (χ0v) is 11.3. The molecule has 1 heterocycles. The zero-order chi connectivity index (χ0) is 14.8. The van der Waals surface area contributed by atoms with Crippen molar-refractivity contribution in [2.24, 2.45) is 0 Å². The average Bonchev–Trinajstić information content (AvgIpc) is 2.38. The van der Waals surface area contributed by atoms with E-state index in [0.717, 1.165) is 17.7 Å². The fourth-order valence-electron chi connectivity index (χ4n) is 1.96. The first-order valence-electron chi connectivity index (χ1n) is 6.31. The molecule has 1 aromatic carbocycles. The van der Waals surface area contributed by atoms with Crippen molar-refractivity contribution in [1.82, 2.24) is 4.98 Å². The van der Waals surface area contributed by atoms with E-state index in [4.69, 9.17) is 0 Å². The summed E-state index contributed by atoms with van der Waals surface area (Å²) in [4.78, 5) is 4.26. The topological polar surface area (TPSA) is 24.9 Å². The molecule has 0 radical (unpaired) electrons. The lowest BCUT2D eigenvalue weighted by Crippen LogP contribution is -2.09. The summed E-state index contributed by atoms with van der Waals surface area (Å²) in [5, 5.41) is 2.84. The first kappa shape index (κ1) is 14.4. The molecular formula is C15H15F3N2. The standard InChI is InChI=1S/C15H15F3N2/c1-3-19-14-9-11(15(16,17)18)8-13(20-14)12-7-5-4-6-10(12)2/h4-9H,3H2,1-2H3,(H,19,20). The molecule has 2 nitrogen and oxygen atoms in total. The minimum absolute atomic E-state index is 0.237. The van der Waals surface area contributed by atoms with Gasteiger partial charge in [0.25, 0.3) is 0 Å². The molecule has 2 rings (SSSR count). The predicted octanol–water partition coefficient (Wildman–Crippen LogP) is 4.51. The first-order chi connectivity index (χ1) is 9.41. The Kier molecular flexibility index (Phi) is 3.97. The number of rotatable bonds is 3. The van der Waals surface area contributed by atoms with Gasteiger partial charge in [-0.1, -0.05) is 24.3 Å². The molecule has 106 valence electrons. The van der Waals surface area contributed by atoms with Gasteiger partial charge in [-0.05, 0) is 31.5 Å². The van der Waals surface area contributed by atoms with E-state index in [-0.39, 0.29) is 5.82 Å². The van der Waals surface area contributed by atoms with Gasteiger partial charge in [0.05, 0.1) is 11.3 Å². The van der Waals surface area contributed by atoms with Crippen LogP contribution in [0.1, 0.15) is 18.1 Å². The molecule has 0 unspecified atom stereocenters. The summed E-state index contributed by atoms with van der Waals surface area (Å²) in [6.45, 7) is 4.18. The number of alkyl halides is 3. The molecule has 0 amide bonds. The molecule has 0 saturated heterocycles. The Hall–Kier alpha value is -2.04. The number of nitrogens with zero attached hydrogens (tertiary/aromatic N) is 1. The van der Waals surface area contributed by atoms with E-state index in [1.165, 1.54) is 0 Å². The number of benzene rings is 1. The molecule has 0 aliphatic carbocycles. The Labute approximate surface area is 115 Å². The molecule has 0 aliphatic heterocycles. The molecule has 0 atom stereocenters. The van der Waals surface area contributed by atoms with Gasteiger partial charge < -0.3 is 5.32 Å². The fraction of sp³-hybridized carbons (Fsp3) is 0.267. The maximum atomic E-state index is 12.9. The van der Waals surface area contributed by atoms with E-state index in [2.05, 4.69) is 10.3 Å². The van der Waals surface area contributed by atoms with E-state index in [9.17, 15) is 13.2 Å². The van der Waals surface area contributed by atoms with Crippen LogP contribution in [0, 0.1) is 6.92 Å². The Bertz CT molecular complexity index is 606. The van der Waals surface area contributed by atoms with Gasteiger partial charge in [-0.3, -0.25) is 0 Å². The highest BCUT2D eigenvalue weighted by Crippen LogP contribution is 2.33. The van der Waals surface area contributed by atoms with Crippen LogP contribution in [0.15, 0.2) is 36.4 Å². The Balaban J connectivity index is 2.58. The Morgan fingerprint density at radius 2 is 1.85 bits per heavy atom. The van der Waals surface area contributed by atoms with Crippen molar-refractivity contribution in [1.29, 1.82) is 0 Å². The molecule has 0 spiro atoms. The summed E-state index contributed by atoms with van der Waals surface area (Å²) < 4.78 is 38.8. The smallest absolute Gasteiger partial charge is 0.370 e. The van der Waals surface area contributed by atoms with Gasteiger partial charge in [0, 0.05) is 12.1 Å². The maximum Gasteiger partial charge on any atom is 0.416 e. The highest BCUT2D eigenvalue weighted by molar-refractivity contribution is 5.66. The lowest BCUT2D eigenvalue weighted by Gasteiger charge is -2.13. The second-order valence-corrected chi connectivity index (χ2v) is 4.47. The summed E-state index contributed by atoms with van der Waals surface area (Å²) in [7, 11) is 0. The van der Waals surface area contributed by atoms with Crippen molar-refractivity contribution in [2.45, 2.75) is 20.0 Å². The Morgan fingerprint density at radius 3 is 2.45 bits per heavy atom. The maximum absolute atomic E-state index is 12.9. The lowest BCUT2D eigenvalue weighted by molar-refractivity contribution is -0.137. The van der Waals surface area contributed by atoms with Crippen LogP contribution in [0.3, 0.4) is 0 Å². The number of anilines is 1. The number of nitrogens with one attached hydrogen (secondary N) is 1. The lowest BCUT2D eigenvalue weighted by atomic mass is 10.0.